The Labute approximate surface area is 209 Å². The summed E-state index contributed by atoms with van der Waals surface area (Å²) in [6.07, 6.45) is 0. The third-order valence-corrected chi connectivity index (χ3v) is 6.25. The summed E-state index contributed by atoms with van der Waals surface area (Å²) in [5.74, 6) is -1.60. The van der Waals surface area contributed by atoms with Gasteiger partial charge >= 0.3 is 5.97 Å². The number of phenols is 1. The molecule has 2 aromatic rings. The van der Waals surface area contributed by atoms with E-state index in [9.17, 15) is 14.7 Å². The fourth-order valence-corrected chi connectivity index (χ4v) is 4.49. The topological polar surface area (TPSA) is 104 Å². The van der Waals surface area contributed by atoms with Crippen LogP contribution in [0.5, 0.6) is 11.5 Å². The van der Waals surface area contributed by atoms with Gasteiger partial charge in [0.2, 0.25) is 11.9 Å². The van der Waals surface area contributed by atoms with Crippen molar-refractivity contribution in [1.29, 1.82) is 0 Å². The second kappa shape index (κ2) is 10.9. The number of rotatable bonds is 6. The van der Waals surface area contributed by atoms with Gasteiger partial charge < -0.3 is 24.4 Å². The van der Waals surface area contributed by atoms with E-state index in [1.165, 1.54) is 6.07 Å². The van der Waals surface area contributed by atoms with Gasteiger partial charge in [-0.2, -0.15) is 0 Å². The molecule has 0 spiro atoms. The highest BCUT2D eigenvalue weighted by Gasteiger charge is 2.42. The number of amides is 1. The molecule has 2 heterocycles. The number of anilines is 1. The molecule has 35 heavy (non-hydrogen) atoms. The number of nitrogens with one attached hydrogen (secondary N) is 1. The number of esters is 1. The van der Waals surface area contributed by atoms with Gasteiger partial charge in [0, 0.05) is 36.9 Å². The van der Waals surface area contributed by atoms with Gasteiger partial charge in [-0.05, 0) is 49.7 Å². The number of piperazine rings is 1. The summed E-state index contributed by atoms with van der Waals surface area (Å²) in [6.45, 7) is 6.69. The molecule has 0 bridgehead atoms. The van der Waals surface area contributed by atoms with Crippen LogP contribution < -0.4 is 15.0 Å². The zero-order chi connectivity index (χ0) is 24.9. The molecule has 1 amide bonds. The number of hydrogen-bond donors (Lipinski definition) is 2. The number of nitrogens with zero attached hydrogens (tertiary/aromatic N) is 3. The van der Waals surface area contributed by atoms with E-state index in [0.717, 1.165) is 18.8 Å². The van der Waals surface area contributed by atoms with Crippen LogP contribution in [0.2, 0.25) is 5.02 Å². The maximum absolute atomic E-state index is 13.1. The minimum Gasteiger partial charge on any atom is -0.504 e. The average molecular weight is 501 g/mol. The first-order valence-electron chi connectivity index (χ1n) is 11.7. The molecule has 186 valence electrons. The highest BCUT2D eigenvalue weighted by Crippen LogP contribution is 2.36. The van der Waals surface area contributed by atoms with Crippen LogP contribution in [0.4, 0.5) is 5.69 Å². The average Bonchev–Trinajstić information content (AvgIpc) is 2.85. The second-order valence-corrected chi connectivity index (χ2v) is 8.67. The van der Waals surface area contributed by atoms with Crippen LogP contribution >= 0.6 is 11.6 Å². The normalized spacial score (nSPS) is 20.2. The summed E-state index contributed by atoms with van der Waals surface area (Å²) >= 11 is 6.14. The first-order chi connectivity index (χ1) is 16.9. The number of aromatic hydroxyl groups is 1. The largest absolute Gasteiger partial charge is 0.504 e. The van der Waals surface area contributed by atoms with Crippen molar-refractivity contribution in [3.8, 4) is 11.5 Å². The standard InChI is InChI=1S/C25H29ClN4O5/c1-3-34-20-14-16(8-9-19(20)31)22-21(24(33)35-4-2)23(32)28-25(27-22)30-12-10-29(11-13-30)18-7-5-6-17(26)15-18/h5-9,14-15,21-22,31H,3-4,10-13H2,1-2H3,(H,27,28,32)/t21-,22-/m1/s1. The molecule has 10 heteroatoms. The number of ether oxygens (including phenoxy) is 2. The van der Waals surface area contributed by atoms with E-state index >= 15 is 0 Å². The van der Waals surface area contributed by atoms with Crippen LogP contribution in [0.15, 0.2) is 47.5 Å². The molecule has 1 saturated heterocycles. The van der Waals surface area contributed by atoms with Gasteiger partial charge in [0.1, 0.15) is 6.04 Å². The number of benzene rings is 2. The van der Waals surface area contributed by atoms with Gasteiger partial charge in [0.05, 0.1) is 13.2 Å². The first kappa shape index (κ1) is 24.7. The minimum atomic E-state index is -1.15. The third kappa shape index (κ3) is 5.45. The third-order valence-electron chi connectivity index (χ3n) is 6.01. The highest BCUT2D eigenvalue weighted by molar-refractivity contribution is 6.30. The summed E-state index contributed by atoms with van der Waals surface area (Å²) in [7, 11) is 0. The Morgan fingerprint density at radius 3 is 2.54 bits per heavy atom. The van der Waals surface area contributed by atoms with E-state index in [2.05, 4.69) is 10.2 Å². The van der Waals surface area contributed by atoms with Crippen molar-refractivity contribution in [3.05, 3.63) is 53.1 Å². The summed E-state index contributed by atoms with van der Waals surface area (Å²) in [5, 5.41) is 13.6. The Kier molecular flexibility index (Phi) is 7.65. The molecule has 2 aliphatic heterocycles. The first-order valence-corrected chi connectivity index (χ1v) is 12.1. The van der Waals surface area contributed by atoms with E-state index in [1.54, 1.807) is 26.0 Å². The molecule has 0 aliphatic carbocycles. The second-order valence-electron chi connectivity index (χ2n) is 8.23. The zero-order valence-corrected chi connectivity index (χ0v) is 20.5. The predicted octanol–water partition coefficient (Wildman–Crippen LogP) is 2.97. The molecule has 0 saturated carbocycles. The summed E-state index contributed by atoms with van der Waals surface area (Å²) in [5.41, 5.74) is 1.62. The molecule has 4 rings (SSSR count). The highest BCUT2D eigenvalue weighted by atomic mass is 35.5. The number of carbonyl (C=O) groups excluding carboxylic acids is 2. The molecular formula is C25H29ClN4O5. The van der Waals surface area contributed by atoms with E-state index in [-0.39, 0.29) is 18.1 Å². The van der Waals surface area contributed by atoms with E-state index in [1.807, 2.05) is 29.2 Å². The van der Waals surface area contributed by atoms with Crippen molar-refractivity contribution in [2.75, 3.05) is 44.3 Å². The van der Waals surface area contributed by atoms with E-state index < -0.39 is 23.8 Å². The molecule has 9 nitrogen and oxygen atoms in total. The maximum Gasteiger partial charge on any atom is 0.321 e. The number of phenolic OH excluding ortho intramolecular Hbond substituents is 1. The number of aliphatic imine (C=N–C) groups is 1. The van der Waals surface area contributed by atoms with Crippen molar-refractivity contribution in [3.63, 3.8) is 0 Å². The molecule has 2 N–H and O–H groups in total. The Hall–Kier alpha value is -3.46. The lowest BCUT2D eigenvalue weighted by Gasteiger charge is -2.39. The quantitative estimate of drug-likeness (QED) is 0.464. The molecule has 2 atom stereocenters. The Balaban J connectivity index is 1.60. The Morgan fingerprint density at radius 1 is 1.11 bits per heavy atom. The molecule has 2 aromatic carbocycles. The summed E-state index contributed by atoms with van der Waals surface area (Å²) < 4.78 is 10.7. The van der Waals surface area contributed by atoms with Crippen LogP contribution in [0.1, 0.15) is 25.5 Å². The van der Waals surface area contributed by atoms with Crippen molar-refractivity contribution >= 4 is 35.1 Å². The lowest BCUT2D eigenvalue weighted by Crippen LogP contribution is -2.57. The number of carbonyl (C=O) groups is 2. The molecular weight excluding hydrogens is 472 g/mol. The van der Waals surface area contributed by atoms with Crippen LogP contribution in [-0.4, -0.2) is 67.2 Å². The van der Waals surface area contributed by atoms with Crippen molar-refractivity contribution in [1.82, 2.24) is 10.2 Å². The van der Waals surface area contributed by atoms with Crippen molar-refractivity contribution < 1.29 is 24.2 Å². The van der Waals surface area contributed by atoms with Gasteiger partial charge in [0.25, 0.3) is 0 Å². The lowest BCUT2D eigenvalue weighted by atomic mass is 9.91. The molecule has 0 unspecified atom stereocenters. The fraction of sp³-hybridized carbons (Fsp3) is 0.400. The fourth-order valence-electron chi connectivity index (χ4n) is 4.30. The summed E-state index contributed by atoms with van der Waals surface area (Å²) in [6, 6.07) is 11.6. The van der Waals surface area contributed by atoms with Crippen molar-refractivity contribution in [2.24, 2.45) is 10.9 Å². The van der Waals surface area contributed by atoms with Gasteiger partial charge in [0.15, 0.2) is 17.4 Å². The van der Waals surface area contributed by atoms with E-state index in [4.69, 9.17) is 26.1 Å². The molecule has 2 aliphatic rings. The summed E-state index contributed by atoms with van der Waals surface area (Å²) in [4.78, 5) is 34.8. The lowest BCUT2D eigenvalue weighted by molar-refractivity contribution is -0.153. The minimum absolute atomic E-state index is 0.0233. The van der Waals surface area contributed by atoms with E-state index in [0.29, 0.717) is 36.2 Å². The zero-order valence-electron chi connectivity index (χ0n) is 19.7. The van der Waals surface area contributed by atoms with Crippen LogP contribution in [0.25, 0.3) is 0 Å². The van der Waals surface area contributed by atoms with Crippen LogP contribution in [0.3, 0.4) is 0 Å². The van der Waals surface area contributed by atoms with Gasteiger partial charge in [-0.25, -0.2) is 4.99 Å². The maximum atomic E-state index is 13.1. The number of halogens is 1. The van der Waals surface area contributed by atoms with Crippen molar-refractivity contribution in [2.45, 2.75) is 19.9 Å². The Morgan fingerprint density at radius 2 is 1.86 bits per heavy atom. The van der Waals surface area contributed by atoms with Gasteiger partial charge in [-0.3, -0.25) is 14.9 Å². The predicted molar refractivity (Wildman–Crippen MR) is 133 cm³/mol. The smallest absolute Gasteiger partial charge is 0.321 e. The van der Waals surface area contributed by atoms with Crippen LogP contribution in [0, 0.1) is 5.92 Å². The number of guanidine groups is 1. The molecule has 1 fully saturated rings. The number of hydrogen-bond acceptors (Lipinski definition) is 8. The van der Waals surface area contributed by atoms with Gasteiger partial charge in [-0.15, -0.1) is 0 Å². The molecule has 0 radical (unpaired) electrons. The van der Waals surface area contributed by atoms with Gasteiger partial charge in [-0.1, -0.05) is 23.7 Å². The monoisotopic (exact) mass is 500 g/mol. The molecule has 0 aromatic heterocycles. The Bertz CT molecular complexity index is 1120. The van der Waals surface area contributed by atoms with Crippen LogP contribution in [-0.2, 0) is 14.3 Å². The SMILES string of the molecule is CCOC(=O)[C@H]1C(=O)NC(N2CCN(c3cccc(Cl)c3)CC2)=N[C@@H]1c1ccc(O)c(OCC)c1.